The van der Waals surface area contributed by atoms with Crippen molar-refractivity contribution in [2.75, 3.05) is 6.61 Å². The van der Waals surface area contributed by atoms with Gasteiger partial charge in [0.25, 0.3) is 5.91 Å². The van der Waals surface area contributed by atoms with Crippen LogP contribution in [0.15, 0.2) is 30.3 Å². The van der Waals surface area contributed by atoms with Gasteiger partial charge in [0.15, 0.2) is 0 Å². The molecule has 0 saturated carbocycles. The summed E-state index contributed by atoms with van der Waals surface area (Å²) in [6.45, 7) is 4.26. The van der Waals surface area contributed by atoms with Crippen molar-refractivity contribution in [3.8, 4) is 0 Å². The molecule has 1 amide bonds. The van der Waals surface area contributed by atoms with Crippen LogP contribution in [0.3, 0.4) is 0 Å². The molecule has 122 valence electrons. The third-order valence-corrected chi connectivity index (χ3v) is 3.48. The average Bonchev–Trinajstić information content (AvgIpc) is 2.54. The second kappa shape index (κ2) is 10.8. The molecule has 0 aliphatic carbocycles. The summed E-state index contributed by atoms with van der Waals surface area (Å²) >= 11 is 0. The second-order valence-electron chi connectivity index (χ2n) is 5.50. The van der Waals surface area contributed by atoms with E-state index in [2.05, 4.69) is 12.2 Å². The van der Waals surface area contributed by atoms with Gasteiger partial charge in [-0.2, -0.15) is 0 Å². The number of carbonyl (C=O) groups is 2. The number of hydrogen-bond acceptors (Lipinski definition) is 3. The van der Waals surface area contributed by atoms with Gasteiger partial charge in [-0.25, -0.2) is 4.79 Å². The first-order chi connectivity index (χ1) is 10.6. The van der Waals surface area contributed by atoms with Crippen molar-refractivity contribution in [3.63, 3.8) is 0 Å². The lowest BCUT2D eigenvalue weighted by Gasteiger charge is -2.13. The lowest BCUT2D eigenvalue weighted by molar-refractivity contribution is -0.145. The van der Waals surface area contributed by atoms with E-state index >= 15 is 0 Å². The van der Waals surface area contributed by atoms with Gasteiger partial charge in [-0.05, 0) is 25.5 Å². The molecule has 0 fully saturated rings. The standard InChI is InChI=1S/C18H27NO3/c1-3-4-5-6-7-11-14-22-18(21)15(2)19-17(20)16-12-9-8-10-13-16/h8-10,12-13,15H,3-7,11,14H2,1-2H3,(H,19,20). The fraction of sp³-hybridized carbons (Fsp3) is 0.556. The molecule has 1 aromatic carbocycles. The minimum Gasteiger partial charge on any atom is -0.464 e. The number of nitrogens with one attached hydrogen (secondary N) is 1. The van der Waals surface area contributed by atoms with Crippen LogP contribution in [-0.4, -0.2) is 24.5 Å². The van der Waals surface area contributed by atoms with E-state index in [0.29, 0.717) is 12.2 Å². The van der Waals surface area contributed by atoms with Crippen LogP contribution in [0.5, 0.6) is 0 Å². The highest BCUT2D eigenvalue weighted by Gasteiger charge is 2.17. The van der Waals surface area contributed by atoms with Crippen LogP contribution >= 0.6 is 0 Å². The maximum absolute atomic E-state index is 11.9. The van der Waals surface area contributed by atoms with Gasteiger partial charge in [-0.1, -0.05) is 57.2 Å². The summed E-state index contributed by atoms with van der Waals surface area (Å²) in [7, 11) is 0. The number of hydrogen-bond donors (Lipinski definition) is 1. The Morgan fingerprint density at radius 2 is 1.68 bits per heavy atom. The largest absolute Gasteiger partial charge is 0.464 e. The van der Waals surface area contributed by atoms with Crippen LogP contribution < -0.4 is 5.32 Å². The topological polar surface area (TPSA) is 55.4 Å². The molecule has 0 aliphatic rings. The smallest absolute Gasteiger partial charge is 0.328 e. The minimum atomic E-state index is -0.632. The first-order valence-electron chi connectivity index (χ1n) is 8.17. The zero-order chi connectivity index (χ0) is 16.2. The van der Waals surface area contributed by atoms with Crippen molar-refractivity contribution < 1.29 is 14.3 Å². The molecule has 1 N–H and O–H groups in total. The molecular weight excluding hydrogens is 278 g/mol. The van der Waals surface area contributed by atoms with Crippen LogP contribution in [0.2, 0.25) is 0 Å². The molecule has 0 spiro atoms. The maximum atomic E-state index is 11.9. The number of rotatable bonds is 10. The molecule has 1 atom stereocenters. The van der Waals surface area contributed by atoms with Gasteiger partial charge in [-0.3, -0.25) is 4.79 Å². The predicted octanol–water partition coefficient (Wildman–Crippen LogP) is 3.71. The normalized spacial score (nSPS) is 11.7. The zero-order valence-electron chi connectivity index (χ0n) is 13.6. The average molecular weight is 305 g/mol. The van der Waals surface area contributed by atoms with Gasteiger partial charge >= 0.3 is 5.97 Å². The van der Waals surface area contributed by atoms with E-state index in [9.17, 15) is 9.59 Å². The van der Waals surface area contributed by atoms with E-state index in [1.807, 2.05) is 6.07 Å². The van der Waals surface area contributed by atoms with Crippen molar-refractivity contribution in [1.29, 1.82) is 0 Å². The number of carbonyl (C=O) groups excluding carboxylic acids is 2. The van der Waals surface area contributed by atoms with Gasteiger partial charge in [0.1, 0.15) is 6.04 Å². The highest BCUT2D eigenvalue weighted by atomic mass is 16.5. The summed E-state index contributed by atoms with van der Waals surface area (Å²) in [6, 6.07) is 8.21. The molecule has 0 heterocycles. The molecule has 4 heteroatoms. The zero-order valence-corrected chi connectivity index (χ0v) is 13.6. The monoisotopic (exact) mass is 305 g/mol. The quantitative estimate of drug-likeness (QED) is 0.529. The van der Waals surface area contributed by atoms with Crippen LogP contribution in [-0.2, 0) is 9.53 Å². The molecular formula is C18H27NO3. The molecule has 4 nitrogen and oxygen atoms in total. The molecule has 0 bridgehead atoms. The van der Waals surface area contributed by atoms with E-state index in [4.69, 9.17) is 4.74 Å². The maximum Gasteiger partial charge on any atom is 0.328 e. The third kappa shape index (κ3) is 7.25. The van der Waals surface area contributed by atoms with E-state index in [0.717, 1.165) is 12.8 Å². The Hall–Kier alpha value is -1.84. The Morgan fingerprint density at radius 3 is 2.36 bits per heavy atom. The number of esters is 1. The third-order valence-electron chi connectivity index (χ3n) is 3.48. The summed E-state index contributed by atoms with van der Waals surface area (Å²) in [5.74, 6) is -0.637. The SMILES string of the molecule is CCCCCCCCOC(=O)C(C)NC(=O)c1ccccc1. The Morgan fingerprint density at radius 1 is 1.05 bits per heavy atom. The Bertz CT molecular complexity index is 445. The molecule has 1 aromatic rings. The Labute approximate surface area is 133 Å². The molecule has 0 saturated heterocycles. The van der Waals surface area contributed by atoms with Gasteiger partial charge < -0.3 is 10.1 Å². The lowest BCUT2D eigenvalue weighted by Crippen LogP contribution is -2.39. The van der Waals surface area contributed by atoms with Crippen LogP contribution in [0.25, 0.3) is 0 Å². The summed E-state index contributed by atoms with van der Waals surface area (Å²) in [4.78, 5) is 23.7. The lowest BCUT2D eigenvalue weighted by atomic mass is 10.1. The van der Waals surface area contributed by atoms with Crippen molar-refractivity contribution in [1.82, 2.24) is 5.32 Å². The molecule has 22 heavy (non-hydrogen) atoms. The van der Waals surface area contributed by atoms with Crippen molar-refractivity contribution in [2.24, 2.45) is 0 Å². The fourth-order valence-corrected chi connectivity index (χ4v) is 2.11. The van der Waals surface area contributed by atoms with E-state index < -0.39 is 6.04 Å². The number of benzene rings is 1. The van der Waals surface area contributed by atoms with Crippen LogP contribution in [0, 0.1) is 0 Å². The van der Waals surface area contributed by atoms with Crippen molar-refractivity contribution in [3.05, 3.63) is 35.9 Å². The molecule has 0 radical (unpaired) electrons. The second-order valence-corrected chi connectivity index (χ2v) is 5.50. The molecule has 0 aliphatic heterocycles. The van der Waals surface area contributed by atoms with E-state index in [-0.39, 0.29) is 11.9 Å². The highest BCUT2D eigenvalue weighted by Crippen LogP contribution is 2.05. The summed E-state index contributed by atoms with van der Waals surface area (Å²) < 4.78 is 5.19. The summed E-state index contributed by atoms with van der Waals surface area (Å²) in [5.41, 5.74) is 0.540. The van der Waals surface area contributed by atoms with E-state index in [1.54, 1.807) is 31.2 Å². The molecule has 1 unspecified atom stereocenters. The fourth-order valence-electron chi connectivity index (χ4n) is 2.11. The van der Waals surface area contributed by atoms with Gasteiger partial charge in [0.2, 0.25) is 0 Å². The first-order valence-corrected chi connectivity index (χ1v) is 8.17. The minimum absolute atomic E-state index is 0.260. The van der Waals surface area contributed by atoms with Crippen LogP contribution in [0.4, 0.5) is 0 Å². The Balaban J connectivity index is 2.18. The van der Waals surface area contributed by atoms with Crippen molar-refractivity contribution in [2.45, 2.75) is 58.4 Å². The predicted molar refractivity (Wildman–Crippen MR) is 87.7 cm³/mol. The summed E-state index contributed by atoms with van der Waals surface area (Å²) in [6.07, 6.45) is 6.89. The van der Waals surface area contributed by atoms with Gasteiger partial charge in [0, 0.05) is 5.56 Å². The van der Waals surface area contributed by atoms with Gasteiger partial charge in [-0.15, -0.1) is 0 Å². The molecule has 1 rings (SSSR count). The molecule has 0 aromatic heterocycles. The highest BCUT2D eigenvalue weighted by molar-refractivity contribution is 5.96. The van der Waals surface area contributed by atoms with Crippen molar-refractivity contribution >= 4 is 11.9 Å². The van der Waals surface area contributed by atoms with Crippen LogP contribution in [0.1, 0.15) is 62.7 Å². The number of ether oxygens (including phenoxy) is 1. The Kier molecular flexibility index (Phi) is 8.96. The first kappa shape index (κ1) is 18.2. The number of unbranched alkanes of at least 4 members (excludes halogenated alkanes) is 5. The summed E-state index contributed by atoms with van der Waals surface area (Å²) in [5, 5.41) is 2.65. The van der Waals surface area contributed by atoms with Gasteiger partial charge in [0.05, 0.1) is 6.61 Å². The number of amides is 1. The van der Waals surface area contributed by atoms with E-state index in [1.165, 1.54) is 25.7 Å².